The molecular formula is C25H33F5N4O3. The van der Waals surface area contributed by atoms with E-state index in [4.69, 9.17) is 10.1 Å². The lowest BCUT2D eigenvalue weighted by Gasteiger charge is -2.29. The van der Waals surface area contributed by atoms with Crippen molar-refractivity contribution in [2.75, 3.05) is 13.7 Å². The van der Waals surface area contributed by atoms with E-state index in [0.29, 0.717) is 41.6 Å². The second kappa shape index (κ2) is 14.4. The number of pyridine rings is 1. The summed E-state index contributed by atoms with van der Waals surface area (Å²) < 4.78 is 56.5. The first-order valence-corrected chi connectivity index (χ1v) is 11.0. The fourth-order valence-electron chi connectivity index (χ4n) is 4.08. The van der Waals surface area contributed by atoms with Crippen molar-refractivity contribution in [3.63, 3.8) is 0 Å². The summed E-state index contributed by atoms with van der Waals surface area (Å²) in [7, 11) is 2.84. The Hall–Kier alpha value is -3.35. The van der Waals surface area contributed by atoms with E-state index >= 15 is 0 Å². The van der Waals surface area contributed by atoms with Gasteiger partial charge in [0.05, 0.1) is 29.3 Å². The molecule has 0 amide bonds. The summed E-state index contributed by atoms with van der Waals surface area (Å²) in [4.78, 5) is 11.0. The van der Waals surface area contributed by atoms with E-state index in [1.807, 2.05) is 31.5 Å². The van der Waals surface area contributed by atoms with Crippen molar-refractivity contribution < 1.29 is 38.3 Å². The van der Waals surface area contributed by atoms with Crippen LogP contribution in [-0.2, 0) is 20.0 Å². The Morgan fingerprint density at radius 1 is 1.00 bits per heavy atom. The van der Waals surface area contributed by atoms with Crippen molar-refractivity contribution in [3.8, 4) is 22.8 Å². The van der Waals surface area contributed by atoms with E-state index in [1.165, 1.54) is 18.2 Å². The smallest absolute Gasteiger partial charge is 0.278 e. The minimum absolute atomic E-state index is 0. The maximum Gasteiger partial charge on any atom is 0.278 e. The summed E-state index contributed by atoms with van der Waals surface area (Å²) in [6.45, 7) is 4.65. The van der Waals surface area contributed by atoms with Crippen molar-refractivity contribution in [2.45, 2.75) is 39.7 Å². The molecule has 0 spiro atoms. The van der Waals surface area contributed by atoms with Gasteiger partial charge in [-0.3, -0.25) is 4.70 Å². The minimum atomic E-state index is -2.59. The average molecular weight is 533 g/mol. The molecule has 1 aliphatic rings. The number of allylic oxidation sites excluding steroid dienone is 1. The van der Waals surface area contributed by atoms with Gasteiger partial charge in [-0.2, -0.15) is 0 Å². The van der Waals surface area contributed by atoms with Crippen molar-refractivity contribution in [3.05, 3.63) is 64.6 Å². The lowest BCUT2D eigenvalue weighted by Crippen LogP contribution is -2.29. The first kappa shape index (κ1) is 33.7. The van der Waals surface area contributed by atoms with Gasteiger partial charge in [0.2, 0.25) is 0 Å². The van der Waals surface area contributed by atoms with Crippen LogP contribution in [0.4, 0.5) is 22.3 Å². The third kappa shape index (κ3) is 6.90. The fourth-order valence-corrected chi connectivity index (χ4v) is 4.08. The first-order chi connectivity index (χ1) is 16.3. The molecule has 0 fully saturated rings. The van der Waals surface area contributed by atoms with Crippen LogP contribution in [0.25, 0.3) is 28.9 Å². The number of nitrogens with zero attached hydrogens (tertiary/aromatic N) is 4. The predicted molar refractivity (Wildman–Crippen MR) is 134 cm³/mol. The van der Waals surface area contributed by atoms with Crippen molar-refractivity contribution in [1.29, 1.82) is 0 Å². The molecule has 37 heavy (non-hydrogen) atoms. The Bertz CT molecular complexity index is 1180. The predicted octanol–water partition coefficient (Wildman–Crippen LogP) is 3.93. The lowest BCUT2D eigenvalue weighted by atomic mass is 10.0. The molecule has 0 saturated heterocycles. The van der Waals surface area contributed by atoms with Gasteiger partial charge < -0.3 is 25.5 Å². The Kier molecular flexibility index (Phi) is 13.1. The topological polar surface area (TPSA) is 117 Å². The number of fused-ring (bicyclic) bond motifs is 1. The number of aliphatic hydroxyl groups is 1. The lowest BCUT2D eigenvalue weighted by molar-refractivity contribution is 0.138. The standard InChI is InChI=1S/C24H24F4N4.CH4O.FH.2H2O/c1-4-6-14-7-8-18(15-9-16(25)11-17(26)10-15)29-22(14)24-30-19-12-20(23(27)28)32(5-2)13-21(19)31(24)3;1-2;;;/h7-12,23H,4-6,13H2,1-3H3;2H,1H3;1H;2*1H2. The Morgan fingerprint density at radius 2 is 1.62 bits per heavy atom. The number of imidazole rings is 1. The largest absolute Gasteiger partial charge is 0.412 e. The monoisotopic (exact) mass is 532 g/mol. The van der Waals surface area contributed by atoms with E-state index < -0.39 is 18.1 Å². The quantitative estimate of drug-likeness (QED) is 0.484. The molecule has 0 atom stereocenters. The number of hydrogen-bond donors (Lipinski definition) is 1. The van der Waals surface area contributed by atoms with Gasteiger partial charge >= 0.3 is 0 Å². The zero-order chi connectivity index (χ0) is 25.0. The molecule has 1 aromatic carbocycles. The van der Waals surface area contributed by atoms with E-state index in [2.05, 4.69) is 4.98 Å². The van der Waals surface area contributed by atoms with Gasteiger partial charge in [-0.25, -0.2) is 27.5 Å². The molecule has 7 nitrogen and oxygen atoms in total. The second-order valence-electron chi connectivity index (χ2n) is 7.82. The number of aromatic nitrogens is 3. The maximum absolute atomic E-state index is 13.8. The van der Waals surface area contributed by atoms with Crippen LogP contribution >= 0.6 is 0 Å². The van der Waals surface area contributed by atoms with Gasteiger partial charge in [0.15, 0.2) is 5.82 Å². The molecule has 5 N–H and O–H groups in total. The van der Waals surface area contributed by atoms with E-state index in [9.17, 15) is 17.6 Å². The highest BCUT2D eigenvalue weighted by Crippen LogP contribution is 2.33. The normalized spacial score (nSPS) is 11.8. The summed E-state index contributed by atoms with van der Waals surface area (Å²) in [5.41, 5.74) is 3.52. The summed E-state index contributed by atoms with van der Waals surface area (Å²) in [5.74, 6) is -0.824. The molecule has 0 aliphatic carbocycles. The average Bonchev–Trinajstić information content (AvgIpc) is 3.14. The number of benzene rings is 1. The number of rotatable bonds is 6. The van der Waals surface area contributed by atoms with Gasteiger partial charge in [0, 0.05) is 32.3 Å². The summed E-state index contributed by atoms with van der Waals surface area (Å²) >= 11 is 0. The summed E-state index contributed by atoms with van der Waals surface area (Å²) in [6.07, 6.45) is 0.443. The van der Waals surface area contributed by atoms with E-state index in [1.54, 1.807) is 11.0 Å². The van der Waals surface area contributed by atoms with Crippen molar-refractivity contribution >= 4 is 6.08 Å². The molecule has 12 heteroatoms. The van der Waals surface area contributed by atoms with Crippen molar-refractivity contribution in [1.82, 2.24) is 19.4 Å². The number of aliphatic hydroxyl groups excluding tert-OH is 1. The van der Waals surface area contributed by atoms with Gasteiger partial charge in [-0.05, 0) is 43.2 Å². The summed E-state index contributed by atoms with van der Waals surface area (Å²) in [5, 5.41) is 7.00. The Labute approximate surface area is 212 Å². The first-order valence-electron chi connectivity index (χ1n) is 11.0. The Balaban J connectivity index is 0.00000253. The molecule has 0 bridgehead atoms. The van der Waals surface area contributed by atoms with Crippen LogP contribution in [0.2, 0.25) is 0 Å². The van der Waals surface area contributed by atoms with Crippen LogP contribution in [0.3, 0.4) is 0 Å². The van der Waals surface area contributed by atoms with Crippen LogP contribution in [0.15, 0.2) is 36.0 Å². The molecule has 0 radical (unpaired) electrons. The molecule has 206 valence electrons. The Morgan fingerprint density at radius 3 is 2.16 bits per heavy atom. The number of alkyl halides is 2. The van der Waals surface area contributed by atoms with Crippen LogP contribution < -0.4 is 0 Å². The second-order valence-corrected chi connectivity index (χ2v) is 7.82. The highest BCUT2D eigenvalue weighted by Gasteiger charge is 2.28. The highest BCUT2D eigenvalue weighted by molar-refractivity contribution is 5.68. The molecular weight excluding hydrogens is 499 g/mol. The molecule has 2 aromatic heterocycles. The van der Waals surface area contributed by atoms with Gasteiger partial charge in [-0.15, -0.1) is 0 Å². The van der Waals surface area contributed by atoms with Crippen molar-refractivity contribution in [2.24, 2.45) is 7.05 Å². The molecule has 3 aromatic rings. The minimum Gasteiger partial charge on any atom is -0.412 e. The van der Waals surface area contributed by atoms with Gasteiger partial charge in [-0.1, -0.05) is 19.4 Å². The van der Waals surface area contributed by atoms with Crippen LogP contribution in [0.1, 0.15) is 37.2 Å². The highest BCUT2D eigenvalue weighted by atomic mass is 19.3. The fraction of sp³-hybridized carbons (Fsp3) is 0.360. The third-order valence-electron chi connectivity index (χ3n) is 5.71. The van der Waals surface area contributed by atoms with E-state index in [0.717, 1.165) is 37.3 Å². The molecule has 1 aliphatic heterocycles. The number of aryl methyl sites for hydroxylation is 1. The molecule has 0 unspecified atom stereocenters. The molecule has 3 heterocycles. The SMILES string of the molecule is CCCc1ccc(-c2cc(F)cc(F)c2)nc1-c1nc2c(n1C)CN(CC)C(C(F)F)=C2.CO.F.O.O. The van der Waals surface area contributed by atoms with Crippen LogP contribution in [0, 0.1) is 11.6 Å². The van der Waals surface area contributed by atoms with E-state index in [-0.39, 0.29) is 21.4 Å². The van der Waals surface area contributed by atoms with Gasteiger partial charge in [0.1, 0.15) is 17.3 Å². The molecule has 0 saturated carbocycles. The maximum atomic E-state index is 13.8. The van der Waals surface area contributed by atoms with Crippen LogP contribution in [0.5, 0.6) is 0 Å². The van der Waals surface area contributed by atoms with Gasteiger partial charge in [0.25, 0.3) is 6.43 Å². The zero-order valence-corrected chi connectivity index (χ0v) is 21.0. The van der Waals surface area contributed by atoms with Crippen LogP contribution in [-0.4, -0.2) is 55.6 Å². The number of halogens is 5. The molecule has 4 rings (SSSR count). The number of hydrogen-bond acceptors (Lipinski definition) is 4. The summed E-state index contributed by atoms with van der Waals surface area (Å²) in [6, 6.07) is 6.90. The zero-order valence-electron chi connectivity index (χ0n) is 21.0. The third-order valence-corrected chi connectivity index (χ3v) is 5.71.